The molecular weight excluding hydrogens is 342 g/mol. The number of sulfonamides is 1. The van der Waals surface area contributed by atoms with Gasteiger partial charge in [-0.15, -0.1) is 0 Å². The summed E-state index contributed by atoms with van der Waals surface area (Å²) >= 11 is 0. The maximum Gasteiger partial charge on any atom is 0.338 e. The van der Waals surface area contributed by atoms with E-state index in [0.717, 1.165) is 10.0 Å². The quantitative estimate of drug-likeness (QED) is 0.560. The molecule has 0 bridgehead atoms. The number of hydrogen-bond donors (Lipinski definition) is 0. The van der Waals surface area contributed by atoms with Crippen LogP contribution in [0, 0.1) is 0 Å². The van der Waals surface area contributed by atoms with Crippen LogP contribution in [0.25, 0.3) is 6.08 Å². The highest BCUT2D eigenvalue weighted by molar-refractivity contribution is 7.89. The molecule has 0 amide bonds. The fourth-order valence-electron chi connectivity index (χ4n) is 1.99. The van der Waals surface area contributed by atoms with Gasteiger partial charge in [-0.2, -0.15) is 0 Å². The smallest absolute Gasteiger partial charge is 0.338 e. The topological polar surface area (TPSA) is 72.9 Å². The maximum absolute atomic E-state index is 12.2. The van der Waals surface area contributed by atoms with Gasteiger partial charge in [0.25, 0.3) is 10.0 Å². The summed E-state index contributed by atoms with van der Waals surface area (Å²) in [7, 11) is -1.30. The molecule has 6 nitrogen and oxygen atoms in total. The molecule has 132 valence electrons. The van der Waals surface area contributed by atoms with Crippen molar-refractivity contribution in [1.82, 2.24) is 4.47 Å². The van der Waals surface area contributed by atoms with Crippen LogP contribution < -0.4 is 0 Å². The van der Waals surface area contributed by atoms with Crippen LogP contribution in [-0.2, 0) is 19.6 Å². The van der Waals surface area contributed by atoms with Crippen molar-refractivity contribution in [2.75, 3.05) is 20.8 Å². The summed E-state index contributed by atoms with van der Waals surface area (Å²) in [5.74, 6) is -0.602. The van der Waals surface area contributed by atoms with Crippen LogP contribution >= 0.6 is 0 Å². The second kappa shape index (κ2) is 8.57. The normalized spacial score (nSPS) is 11.8. The first-order valence-corrected chi connectivity index (χ1v) is 8.91. The zero-order valence-electron chi connectivity index (χ0n) is 14.0. The number of nitrogens with zero attached hydrogens (tertiary/aromatic N) is 1. The van der Waals surface area contributed by atoms with Crippen LogP contribution in [0.15, 0.2) is 65.6 Å². The summed E-state index contributed by atoms with van der Waals surface area (Å²) < 4.78 is 30.2. The second-order valence-corrected chi connectivity index (χ2v) is 6.97. The first kappa shape index (κ1) is 18.9. The summed E-state index contributed by atoms with van der Waals surface area (Å²) in [4.78, 5) is 16.7. The van der Waals surface area contributed by atoms with E-state index in [9.17, 15) is 13.2 Å². The third kappa shape index (κ3) is 4.99. The van der Waals surface area contributed by atoms with Gasteiger partial charge in [0.1, 0.15) is 6.61 Å². The molecule has 0 radical (unpaired) electrons. The molecule has 2 rings (SSSR count). The van der Waals surface area contributed by atoms with Gasteiger partial charge in [-0.1, -0.05) is 46.9 Å². The lowest BCUT2D eigenvalue weighted by Gasteiger charge is -2.14. The van der Waals surface area contributed by atoms with Crippen LogP contribution in [0.5, 0.6) is 0 Å². The van der Waals surface area contributed by atoms with Gasteiger partial charge in [0.2, 0.25) is 0 Å². The van der Waals surface area contributed by atoms with Gasteiger partial charge >= 0.3 is 5.97 Å². The lowest BCUT2D eigenvalue weighted by atomic mass is 10.2. The summed E-state index contributed by atoms with van der Waals surface area (Å²) in [5, 5.41) is 0. The minimum absolute atomic E-state index is 0.0499. The summed E-state index contributed by atoms with van der Waals surface area (Å²) in [6.07, 6.45) is 3.55. The highest BCUT2D eigenvalue weighted by Gasteiger charge is 2.22. The van der Waals surface area contributed by atoms with Crippen molar-refractivity contribution in [1.29, 1.82) is 0 Å². The van der Waals surface area contributed by atoms with Gasteiger partial charge in [-0.3, -0.25) is 4.84 Å². The molecule has 0 saturated carbocycles. The van der Waals surface area contributed by atoms with E-state index in [1.807, 2.05) is 36.4 Å². The van der Waals surface area contributed by atoms with Gasteiger partial charge in [-0.25, -0.2) is 13.2 Å². The van der Waals surface area contributed by atoms with E-state index in [4.69, 9.17) is 9.57 Å². The van der Waals surface area contributed by atoms with E-state index in [-0.39, 0.29) is 17.1 Å². The van der Waals surface area contributed by atoms with Gasteiger partial charge in [-0.05, 0) is 29.8 Å². The molecule has 0 heterocycles. The van der Waals surface area contributed by atoms with Gasteiger partial charge < -0.3 is 4.74 Å². The Labute approximate surface area is 147 Å². The number of carbonyl (C=O) groups is 1. The Bertz CT molecular complexity index is 847. The molecule has 0 fully saturated rings. The average molecular weight is 361 g/mol. The highest BCUT2D eigenvalue weighted by Crippen LogP contribution is 2.16. The molecule has 0 aliphatic carbocycles. The molecule has 7 heteroatoms. The Morgan fingerprint density at radius 2 is 1.84 bits per heavy atom. The van der Waals surface area contributed by atoms with Crippen LogP contribution in [0.4, 0.5) is 0 Å². The third-order valence-corrected chi connectivity index (χ3v) is 5.06. The lowest BCUT2D eigenvalue weighted by molar-refractivity contribution is -0.0258. The molecule has 2 aromatic carbocycles. The van der Waals surface area contributed by atoms with E-state index >= 15 is 0 Å². The average Bonchev–Trinajstić information content (AvgIpc) is 2.65. The van der Waals surface area contributed by atoms with Crippen molar-refractivity contribution < 1.29 is 22.8 Å². The van der Waals surface area contributed by atoms with Gasteiger partial charge in [0, 0.05) is 7.05 Å². The molecule has 25 heavy (non-hydrogen) atoms. The monoisotopic (exact) mass is 361 g/mol. The fourth-order valence-corrected chi connectivity index (χ4v) is 3.01. The Morgan fingerprint density at radius 1 is 1.12 bits per heavy atom. The van der Waals surface area contributed by atoms with E-state index in [0.29, 0.717) is 0 Å². The number of carbonyl (C=O) groups excluding carboxylic acids is 1. The Kier molecular flexibility index (Phi) is 6.46. The minimum Gasteiger partial charge on any atom is -0.458 e. The van der Waals surface area contributed by atoms with Crippen molar-refractivity contribution >= 4 is 22.1 Å². The number of ether oxygens (including phenoxy) is 1. The number of hydroxylamine groups is 1. The maximum atomic E-state index is 12.2. The van der Waals surface area contributed by atoms with Crippen LogP contribution in [0.1, 0.15) is 15.9 Å². The third-order valence-electron chi connectivity index (χ3n) is 3.38. The number of benzene rings is 2. The number of rotatable bonds is 7. The predicted octanol–water partition coefficient (Wildman–Crippen LogP) is 2.74. The van der Waals surface area contributed by atoms with Crippen LogP contribution in [-0.4, -0.2) is 39.6 Å². The molecule has 0 aliphatic heterocycles. The number of hydrogen-bond acceptors (Lipinski definition) is 5. The largest absolute Gasteiger partial charge is 0.458 e. The van der Waals surface area contributed by atoms with Crippen molar-refractivity contribution in [3.8, 4) is 0 Å². The van der Waals surface area contributed by atoms with Gasteiger partial charge in [0.15, 0.2) is 0 Å². The molecule has 0 unspecified atom stereocenters. The molecule has 0 atom stereocenters. The first-order chi connectivity index (χ1) is 11.9. The molecule has 0 spiro atoms. The number of esters is 1. The zero-order chi connectivity index (χ0) is 18.3. The first-order valence-electron chi connectivity index (χ1n) is 7.47. The molecule has 0 saturated heterocycles. The van der Waals surface area contributed by atoms with E-state index in [1.165, 1.54) is 38.4 Å². The van der Waals surface area contributed by atoms with Crippen LogP contribution in [0.2, 0.25) is 0 Å². The Balaban J connectivity index is 2.03. The van der Waals surface area contributed by atoms with E-state index < -0.39 is 16.0 Å². The molecular formula is C18H19NO5S. The summed E-state index contributed by atoms with van der Waals surface area (Å²) in [5.41, 5.74) is 1.15. The van der Waals surface area contributed by atoms with Crippen molar-refractivity contribution in [2.45, 2.75) is 4.90 Å². The predicted molar refractivity (Wildman–Crippen MR) is 94.2 cm³/mol. The van der Waals surface area contributed by atoms with Crippen molar-refractivity contribution in [3.05, 3.63) is 71.8 Å². The standard InChI is InChI=1S/C18H19NO5S/c1-19(23-2)25(21,22)17-12-6-11-16(14-17)18(20)24-13-7-10-15-8-4-3-5-9-15/h3-12,14H,13H2,1-2H3/b10-7+. The summed E-state index contributed by atoms with van der Waals surface area (Å²) in [6.45, 7) is 0.0860. The molecule has 0 aliphatic rings. The van der Waals surface area contributed by atoms with E-state index in [1.54, 1.807) is 6.08 Å². The van der Waals surface area contributed by atoms with Gasteiger partial charge in [0.05, 0.1) is 17.6 Å². The Morgan fingerprint density at radius 3 is 2.52 bits per heavy atom. The highest BCUT2D eigenvalue weighted by atomic mass is 32.2. The van der Waals surface area contributed by atoms with Crippen LogP contribution in [0.3, 0.4) is 0 Å². The second-order valence-electron chi connectivity index (χ2n) is 5.04. The fraction of sp³-hybridized carbons (Fsp3) is 0.167. The molecule has 0 N–H and O–H groups in total. The SMILES string of the molecule is CON(C)S(=O)(=O)c1cccc(C(=O)OC/C=C/c2ccccc2)c1. The zero-order valence-corrected chi connectivity index (χ0v) is 14.8. The van der Waals surface area contributed by atoms with E-state index in [2.05, 4.69) is 0 Å². The summed E-state index contributed by atoms with van der Waals surface area (Å²) in [6, 6.07) is 15.2. The molecule has 0 aromatic heterocycles. The lowest BCUT2D eigenvalue weighted by Crippen LogP contribution is -2.25. The molecule has 2 aromatic rings. The van der Waals surface area contributed by atoms with Crippen molar-refractivity contribution in [2.24, 2.45) is 0 Å². The minimum atomic E-state index is -3.82. The Hall–Kier alpha value is -2.48. The van der Waals surface area contributed by atoms with Crippen molar-refractivity contribution in [3.63, 3.8) is 0 Å².